The van der Waals surface area contributed by atoms with Crippen molar-refractivity contribution in [2.75, 3.05) is 36.0 Å². The van der Waals surface area contributed by atoms with Crippen LogP contribution < -0.4 is 14.5 Å². The van der Waals surface area contributed by atoms with E-state index in [0.29, 0.717) is 26.2 Å². The predicted molar refractivity (Wildman–Crippen MR) is 117 cm³/mol. The molecule has 11 heteroatoms. The first-order valence-electron chi connectivity index (χ1n) is 9.88. The second kappa shape index (κ2) is 9.83. The maximum atomic E-state index is 11.4. The van der Waals surface area contributed by atoms with E-state index in [1.165, 1.54) is 12.1 Å². The number of nitro benzene ring substituents is 2. The summed E-state index contributed by atoms with van der Waals surface area (Å²) >= 11 is 0. The fourth-order valence-electron chi connectivity index (χ4n) is 3.30. The second-order valence-electron chi connectivity index (χ2n) is 6.58. The van der Waals surface area contributed by atoms with Gasteiger partial charge in [0.25, 0.3) is 0 Å². The fraction of sp³-hybridized carbons (Fsp3) is 0.400. The molecule has 0 unspecified atom stereocenters. The minimum Gasteiger partial charge on any atom is -0.501 e. The van der Waals surface area contributed by atoms with Gasteiger partial charge in [-0.05, 0) is 27.7 Å². The van der Waals surface area contributed by atoms with Crippen molar-refractivity contribution in [2.45, 2.75) is 27.7 Å². The van der Waals surface area contributed by atoms with Gasteiger partial charge in [0.05, 0.1) is 33.4 Å². The monoisotopic (exact) mass is 434 g/mol. The first-order chi connectivity index (χ1) is 14.7. The molecule has 0 saturated heterocycles. The molecule has 0 atom stereocenters. The van der Waals surface area contributed by atoms with Crippen molar-refractivity contribution in [1.82, 2.24) is 0 Å². The Labute approximate surface area is 179 Å². The first-order valence-corrected chi connectivity index (χ1v) is 9.88. The Morgan fingerprint density at radius 2 is 1.06 bits per heavy atom. The molecule has 0 aliphatic carbocycles. The van der Waals surface area contributed by atoms with Gasteiger partial charge in [-0.1, -0.05) is 0 Å². The smallest absolute Gasteiger partial charge is 0.316 e. The highest BCUT2D eigenvalue weighted by atomic mass is 16.6. The number of rotatable bonds is 10. The summed E-state index contributed by atoms with van der Waals surface area (Å²) in [7, 11) is 0. The number of hydrogen-bond donors (Lipinski definition) is 2. The second-order valence-corrected chi connectivity index (χ2v) is 6.58. The Hall–Kier alpha value is -3.76. The van der Waals surface area contributed by atoms with Crippen LogP contribution in [0, 0.1) is 20.2 Å². The highest BCUT2D eigenvalue weighted by molar-refractivity contribution is 5.72. The quantitative estimate of drug-likeness (QED) is 0.411. The summed E-state index contributed by atoms with van der Waals surface area (Å²) < 4.78 is 5.75. The van der Waals surface area contributed by atoms with E-state index in [9.17, 15) is 30.4 Å². The number of phenols is 2. The third kappa shape index (κ3) is 4.87. The van der Waals surface area contributed by atoms with Gasteiger partial charge < -0.3 is 24.7 Å². The summed E-state index contributed by atoms with van der Waals surface area (Å²) in [6.07, 6.45) is 0. The third-order valence-electron chi connectivity index (χ3n) is 4.92. The lowest BCUT2D eigenvalue weighted by molar-refractivity contribution is -0.385. The number of nitrogens with zero attached hydrogens (tertiary/aromatic N) is 4. The van der Waals surface area contributed by atoms with Crippen LogP contribution in [-0.2, 0) is 0 Å². The molecule has 0 spiro atoms. The van der Waals surface area contributed by atoms with Crippen LogP contribution in [0.2, 0.25) is 0 Å². The molecule has 0 aliphatic rings. The van der Waals surface area contributed by atoms with Gasteiger partial charge in [0.2, 0.25) is 11.5 Å². The molecule has 31 heavy (non-hydrogen) atoms. The van der Waals surface area contributed by atoms with Crippen LogP contribution >= 0.6 is 0 Å². The summed E-state index contributed by atoms with van der Waals surface area (Å²) in [6, 6.07) is 4.98. The van der Waals surface area contributed by atoms with Gasteiger partial charge in [0.15, 0.2) is 0 Å². The van der Waals surface area contributed by atoms with Crippen molar-refractivity contribution in [3.05, 3.63) is 44.5 Å². The van der Waals surface area contributed by atoms with Crippen LogP contribution in [0.1, 0.15) is 27.7 Å². The number of anilines is 2. The van der Waals surface area contributed by atoms with E-state index in [0.717, 1.165) is 12.1 Å². The largest absolute Gasteiger partial charge is 0.501 e. The molecule has 2 N–H and O–H groups in total. The van der Waals surface area contributed by atoms with E-state index in [1.807, 2.05) is 27.7 Å². The van der Waals surface area contributed by atoms with Crippen molar-refractivity contribution >= 4 is 22.7 Å². The zero-order valence-electron chi connectivity index (χ0n) is 17.9. The molecule has 0 amide bonds. The van der Waals surface area contributed by atoms with Gasteiger partial charge in [0.1, 0.15) is 11.5 Å². The summed E-state index contributed by atoms with van der Waals surface area (Å²) in [6.45, 7) is 9.29. The van der Waals surface area contributed by atoms with Crippen molar-refractivity contribution in [3.8, 4) is 23.0 Å². The minimum absolute atomic E-state index is 0.0249. The number of benzene rings is 2. The summed E-state index contributed by atoms with van der Waals surface area (Å²) in [5, 5.41) is 43.6. The van der Waals surface area contributed by atoms with Crippen LogP contribution in [-0.4, -0.2) is 46.2 Å². The molecule has 0 aliphatic heterocycles. The molecule has 2 rings (SSSR count). The third-order valence-corrected chi connectivity index (χ3v) is 4.92. The fourth-order valence-corrected chi connectivity index (χ4v) is 3.30. The zero-order chi connectivity index (χ0) is 23.3. The average molecular weight is 434 g/mol. The van der Waals surface area contributed by atoms with Gasteiger partial charge in [0, 0.05) is 38.3 Å². The van der Waals surface area contributed by atoms with Crippen LogP contribution in [0.3, 0.4) is 0 Å². The molecule has 168 valence electrons. The van der Waals surface area contributed by atoms with E-state index < -0.39 is 32.7 Å². The molecule has 0 heterocycles. The van der Waals surface area contributed by atoms with Crippen molar-refractivity contribution in [1.29, 1.82) is 0 Å². The Morgan fingerprint density at radius 3 is 1.32 bits per heavy atom. The van der Waals surface area contributed by atoms with Crippen molar-refractivity contribution < 1.29 is 24.8 Å². The van der Waals surface area contributed by atoms with E-state index in [2.05, 4.69) is 0 Å². The van der Waals surface area contributed by atoms with E-state index in [4.69, 9.17) is 4.74 Å². The molecule has 0 saturated carbocycles. The zero-order valence-corrected chi connectivity index (χ0v) is 17.9. The van der Waals surface area contributed by atoms with E-state index in [-0.39, 0.29) is 22.9 Å². The summed E-state index contributed by atoms with van der Waals surface area (Å²) in [5.41, 5.74) is -0.661. The van der Waals surface area contributed by atoms with Gasteiger partial charge >= 0.3 is 11.4 Å². The first kappa shape index (κ1) is 23.5. The lowest BCUT2D eigenvalue weighted by atomic mass is 10.2. The number of ether oxygens (including phenoxy) is 1. The van der Waals surface area contributed by atoms with Crippen molar-refractivity contribution in [2.24, 2.45) is 0 Å². The molecule has 11 nitrogen and oxygen atoms in total. The Balaban J connectivity index is 2.64. The molecule has 0 fully saturated rings. The Bertz CT molecular complexity index is 895. The maximum absolute atomic E-state index is 11.4. The normalized spacial score (nSPS) is 10.6. The van der Waals surface area contributed by atoms with Crippen LogP contribution in [0.5, 0.6) is 23.0 Å². The average Bonchev–Trinajstić information content (AvgIpc) is 2.73. The Kier molecular flexibility index (Phi) is 7.46. The van der Waals surface area contributed by atoms with Gasteiger partial charge in [-0.3, -0.25) is 20.2 Å². The van der Waals surface area contributed by atoms with Gasteiger partial charge in [-0.25, -0.2) is 0 Å². The number of phenolic OH excluding ortho intramolecular Hbond substituents is 2. The van der Waals surface area contributed by atoms with Gasteiger partial charge in [-0.15, -0.1) is 0 Å². The molecular formula is C20H26N4O7. The van der Waals surface area contributed by atoms with Crippen molar-refractivity contribution in [3.63, 3.8) is 0 Å². The molecule has 2 aromatic rings. The minimum atomic E-state index is -0.726. The Morgan fingerprint density at radius 1 is 0.742 bits per heavy atom. The predicted octanol–water partition coefficient (Wildman–Crippen LogP) is 4.40. The van der Waals surface area contributed by atoms with Gasteiger partial charge in [-0.2, -0.15) is 0 Å². The topological polar surface area (TPSA) is 142 Å². The molecular weight excluding hydrogens is 408 g/mol. The SMILES string of the molecule is CCN(CC)c1cc(Oc2cc(N(CC)CC)c(O)c([N+](=O)[O-])c2)cc([N+](=O)[O-])c1O. The maximum Gasteiger partial charge on any atom is 0.316 e. The lowest BCUT2D eigenvalue weighted by Gasteiger charge is -2.23. The van der Waals surface area contributed by atoms with Crippen LogP contribution in [0.15, 0.2) is 24.3 Å². The number of nitro groups is 2. The molecule has 0 bridgehead atoms. The number of hydrogen-bond acceptors (Lipinski definition) is 9. The summed E-state index contributed by atoms with van der Waals surface area (Å²) in [5.74, 6) is -0.920. The molecule has 2 aromatic carbocycles. The highest BCUT2D eigenvalue weighted by Gasteiger charge is 2.25. The standard InChI is InChI=1S/C20H26N4O7/c1-5-21(6-2)15-9-13(11-17(19(15)25)23(27)28)31-14-10-16(22(7-3)8-4)20(26)18(12-14)24(29)30/h9-12,25-26H,5-8H2,1-4H3. The van der Waals surface area contributed by atoms with E-state index in [1.54, 1.807) is 9.80 Å². The lowest BCUT2D eigenvalue weighted by Crippen LogP contribution is -2.22. The van der Waals surface area contributed by atoms with Crippen LogP contribution in [0.4, 0.5) is 22.7 Å². The summed E-state index contributed by atoms with van der Waals surface area (Å²) in [4.78, 5) is 24.8. The van der Waals surface area contributed by atoms with Crippen LogP contribution in [0.25, 0.3) is 0 Å². The highest BCUT2D eigenvalue weighted by Crippen LogP contribution is 2.44. The molecule has 0 radical (unpaired) electrons. The van der Waals surface area contributed by atoms with E-state index >= 15 is 0 Å². The molecule has 0 aromatic heterocycles. The number of aromatic hydroxyl groups is 2.